The third-order valence-electron chi connectivity index (χ3n) is 3.95. The average molecular weight is 308 g/mol. The normalized spacial score (nSPS) is 26.2. The number of urea groups is 1. The molecule has 2 rings (SSSR count). The summed E-state index contributed by atoms with van der Waals surface area (Å²) in [5.74, 6) is -1.44. The number of hydrogen-bond acceptors (Lipinski definition) is 2. The Morgan fingerprint density at radius 2 is 1.86 bits per heavy atom. The van der Waals surface area contributed by atoms with Crippen LogP contribution >= 0.6 is 0 Å². The van der Waals surface area contributed by atoms with Gasteiger partial charge in [0.25, 0.3) is 0 Å². The van der Waals surface area contributed by atoms with Gasteiger partial charge in [0.05, 0.1) is 5.92 Å². The number of halogens is 3. The lowest BCUT2D eigenvalue weighted by Crippen LogP contribution is -2.50. The number of nitrogens with zero attached hydrogens (tertiary/aromatic N) is 1. The van der Waals surface area contributed by atoms with Crippen LogP contribution in [0.15, 0.2) is 0 Å². The Morgan fingerprint density at radius 3 is 2.38 bits per heavy atom. The van der Waals surface area contributed by atoms with Gasteiger partial charge in [0, 0.05) is 12.1 Å². The molecule has 8 heteroatoms. The molecule has 2 atom stereocenters. The van der Waals surface area contributed by atoms with Crippen LogP contribution in [0.1, 0.15) is 38.5 Å². The van der Waals surface area contributed by atoms with Gasteiger partial charge in [-0.15, -0.1) is 0 Å². The van der Waals surface area contributed by atoms with E-state index < -0.39 is 30.6 Å². The van der Waals surface area contributed by atoms with Crippen molar-refractivity contribution >= 4 is 12.0 Å². The third-order valence-corrected chi connectivity index (χ3v) is 3.95. The molecule has 0 aromatic carbocycles. The highest BCUT2D eigenvalue weighted by atomic mass is 19.4. The monoisotopic (exact) mass is 308 g/mol. The van der Waals surface area contributed by atoms with Crippen molar-refractivity contribution in [2.75, 3.05) is 6.54 Å². The number of hydrogen-bond donors (Lipinski definition) is 2. The summed E-state index contributed by atoms with van der Waals surface area (Å²) in [6.45, 7) is -1.25. The molecule has 0 aliphatic heterocycles. The molecule has 2 unspecified atom stereocenters. The van der Waals surface area contributed by atoms with E-state index in [0.29, 0.717) is 32.1 Å². The van der Waals surface area contributed by atoms with Gasteiger partial charge < -0.3 is 15.3 Å². The molecule has 2 amide bonds. The Bertz CT molecular complexity index is 410. The standard InChI is InChI=1S/C13H19F3N2O3/c14-13(15,16)7-18(10-4-5-10)12(21)17-9-3-1-2-8(6-9)11(19)20/h8-10H,1-7H2,(H,17,21)(H,19,20). The quantitative estimate of drug-likeness (QED) is 0.837. The molecule has 2 aliphatic carbocycles. The zero-order chi connectivity index (χ0) is 15.6. The van der Waals surface area contributed by atoms with Crippen LogP contribution in [0.5, 0.6) is 0 Å². The van der Waals surface area contributed by atoms with E-state index in [1.165, 1.54) is 0 Å². The van der Waals surface area contributed by atoms with Gasteiger partial charge in [0.15, 0.2) is 0 Å². The van der Waals surface area contributed by atoms with E-state index in [9.17, 15) is 22.8 Å². The number of nitrogens with one attached hydrogen (secondary N) is 1. The van der Waals surface area contributed by atoms with Crippen molar-refractivity contribution in [1.29, 1.82) is 0 Å². The van der Waals surface area contributed by atoms with Crippen LogP contribution in [0.4, 0.5) is 18.0 Å². The summed E-state index contributed by atoms with van der Waals surface area (Å²) in [4.78, 5) is 23.8. The first-order chi connectivity index (χ1) is 9.76. The summed E-state index contributed by atoms with van der Waals surface area (Å²) < 4.78 is 37.5. The first-order valence-electron chi connectivity index (χ1n) is 7.13. The van der Waals surface area contributed by atoms with E-state index in [1.54, 1.807) is 0 Å². The van der Waals surface area contributed by atoms with Gasteiger partial charge in [-0.3, -0.25) is 4.79 Å². The Balaban J connectivity index is 1.90. The lowest BCUT2D eigenvalue weighted by molar-refractivity contribution is -0.143. The van der Waals surface area contributed by atoms with Crippen molar-refractivity contribution in [3.05, 3.63) is 0 Å². The predicted octanol–water partition coefficient (Wildman–Crippen LogP) is 2.37. The molecule has 0 spiro atoms. The topological polar surface area (TPSA) is 69.6 Å². The maximum Gasteiger partial charge on any atom is 0.406 e. The zero-order valence-electron chi connectivity index (χ0n) is 11.5. The number of amides is 2. The molecule has 5 nitrogen and oxygen atoms in total. The molecular weight excluding hydrogens is 289 g/mol. The van der Waals surface area contributed by atoms with Crippen LogP contribution in [-0.2, 0) is 4.79 Å². The fourth-order valence-corrected chi connectivity index (χ4v) is 2.75. The van der Waals surface area contributed by atoms with Gasteiger partial charge >= 0.3 is 18.2 Å². The van der Waals surface area contributed by atoms with E-state index in [2.05, 4.69) is 5.32 Å². The van der Waals surface area contributed by atoms with Crippen LogP contribution in [0.2, 0.25) is 0 Å². The molecule has 0 aromatic rings. The highest BCUT2D eigenvalue weighted by Crippen LogP contribution is 2.31. The Kier molecular flexibility index (Phi) is 4.63. The molecule has 2 aliphatic rings. The summed E-state index contributed by atoms with van der Waals surface area (Å²) in [5.41, 5.74) is 0. The molecule has 0 radical (unpaired) electrons. The second kappa shape index (κ2) is 6.11. The van der Waals surface area contributed by atoms with Gasteiger partial charge in [-0.25, -0.2) is 4.79 Å². The van der Waals surface area contributed by atoms with Gasteiger partial charge in [-0.05, 0) is 32.1 Å². The van der Waals surface area contributed by atoms with E-state index in [0.717, 1.165) is 4.90 Å². The molecular formula is C13H19F3N2O3. The smallest absolute Gasteiger partial charge is 0.406 e. The molecule has 0 bridgehead atoms. The summed E-state index contributed by atoms with van der Waals surface area (Å²) >= 11 is 0. The number of carbonyl (C=O) groups is 2. The second-order valence-electron chi connectivity index (χ2n) is 5.82. The summed E-state index contributed by atoms with van der Waals surface area (Å²) in [6, 6.07) is -1.43. The van der Waals surface area contributed by atoms with E-state index in [4.69, 9.17) is 5.11 Å². The Hall–Kier alpha value is -1.47. The molecule has 21 heavy (non-hydrogen) atoms. The minimum absolute atomic E-state index is 0.283. The lowest BCUT2D eigenvalue weighted by Gasteiger charge is -2.31. The fourth-order valence-electron chi connectivity index (χ4n) is 2.75. The maximum absolute atomic E-state index is 12.5. The Labute approximate surface area is 120 Å². The number of carboxylic acids is 1. The maximum atomic E-state index is 12.5. The number of alkyl halides is 3. The first kappa shape index (κ1) is 15.9. The number of aliphatic carboxylic acids is 1. The molecule has 120 valence electrons. The summed E-state index contributed by atoms with van der Waals surface area (Å²) in [5, 5.41) is 11.5. The van der Waals surface area contributed by atoms with E-state index in [-0.39, 0.29) is 18.5 Å². The minimum atomic E-state index is -4.42. The highest BCUT2D eigenvalue weighted by Gasteiger charge is 2.41. The largest absolute Gasteiger partial charge is 0.481 e. The number of carboxylic acid groups (broad SMARTS) is 1. The van der Waals surface area contributed by atoms with Gasteiger partial charge in [0.1, 0.15) is 6.54 Å². The first-order valence-corrected chi connectivity index (χ1v) is 7.13. The van der Waals surface area contributed by atoms with E-state index in [1.807, 2.05) is 0 Å². The highest BCUT2D eigenvalue weighted by molar-refractivity contribution is 5.75. The molecule has 2 N–H and O–H groups in total. The van der Waals surface area contributed by atoms with Crippen molar-refractivity contribution in [1.82, 2.24) is 10.2 Å². The zero-order valence-corrected chi connectivity index (χ0v) is 11.5. The van der Waals surface area contributed by atoms with Crippen molar-refractivity contribution in [2.45, 2.75) is 56.8 Å². The van der Waals surface area contributed by atoms with Gasteiger partial charge in [-0.1, -0.05) is 6.42 Å². The summed E-state index contributed by atoms with van der Waals surface area (Å²) in [6.07, 6.45) is -1.14. The van der Waals surface area contributed by atoms with Crippen molar-refractivity contribution in [3.63, 3.8) is 0 Å². The van der Waals surface area contributed by atoms with E-state index >= 15 is 0 Å². The molecule has 2 fully saturated rings. The Morgan fingerprint density at radius 1 is 1.19 bits per heavy atom. The van der Waals surface area contributed by atoms with Crippen LogP contribution in [0, 0.1) is 5.92 Å². The third kappa shape index (κ3) is 4.78. The number of carbonyl (C=O) groups excluding carboxylic acids is 1. The van der Waals surface area contributed by atoms with Gasteiger partial charge in [0.2, 0.25) is 0 Å². The van der Waals surface area contributed by atoms with Crippen LogP contribution in [-0.4, -0.2) is 46.8 Å². The number of rotatable bonds is 4. The van der Waals surface area contributed by atoms with Gasteiger partial charge in [-0.2, -0.15) is 13.2 Å². The van der Waals surface area contributed by atoms with Crippen LogP contribution in [0.3, 0.4) is 0 Å². The second-order valence-corrected chi connectivity index (χ2v) is 5.82. The van der Waals surface area contributed by atoms with Crippen LogP contribution in [0.25, 0.3) is 0 Å². The molecule has 0 saturated heterocycles. The fraction of sp³-hybridized carbons (Fsp3) is 0.846. The minimum Gasteiger partial charge on any atom is -0.481 e. The molecule has 0 heterocycles. The summed E-state index contributed by atoms with van der Waals surface area (Å²) in [7, 11) is 0. The van der Waals surface area contributed by atoms with Crippen LogP contribution < -0.4 is 5.32 Å². The predicted molar refractivity (Wildman–Crippen MR) is 67.7 cm³/mol. The van der Waals surface area contributed by atoms with Crippen molar-refractivity contribution < 1.29 is 27.9 Å². The lowest BCUT2D eigenvalue weighted by atomic mass is 9.86. The average Bonchev–Trinajstić information content (AvgIpc) is 3.19. The molecule has 0 aromatic heterocycles. The van der Waals surface area contributed by atoms with Crippen molar-refractivity contribution in [3.8, 4) is 0 Å². The molecule has 2 saturated carbocycles. The SMILES string of the molecule is O=C(O)C1CCCC(NC(=O)N(CC(F)(F)F)C2CC2)C1. The van der Waals surface area contributed by atoms with Crippen molar-refractivity contribution in [2.24, 2.45) is 5.92 Å².